The summed E-state index contributed by atoms with van der Waals surface area (Å²) >= 11 is 0. The number of rotatable bonds is 5. The van der Waals surface area contributed by atoms with Crippen LogP contribution in [0, 0.1) is 18.8 Å². The highest BCUT2D eigenvalue weighted by Gasteiger charge is 2.33. The van der Waals surface area contributed by atoms with E-state index < -0.39 is 10.0 Å². The van der Waals surface area contributed by atoms with Gasteiger partial charge in [0.05, 0.1) is 18.6 Å². The molecule has 150 valence electrons. The summed E-state index contributed by atoms with van der Waals surface area (Å²) < 4.78 is 30.4. The molecule has 2 saturated heterocycles. The molecule has 2 fully saturated rings. The summed E-state index contributed by atoms with van der Waals surface area (Å²) in [6, 6.07) is 3.70. The SMILES string of the molecule is Cc1ccc(OCC2CCN(C(=O)C3CCN(S(C)(=O)=O)CC3)CC2)nn1. The largest absolute Gasteiger partial charge is 0.476 e. The van der Waals surface area contributed by atoms with Crippen LogP contribution in [0.5, 0.6) is 5.88 Å². The van der Waals surface area contributed by atoms with Crippen LogP contribution < -0.4 is 4.74 Å². The molecular formula is C18H28N4O4S. The lowest BCUT2D eigenvalue weighted by Crippen LogP contribution is -2.46. The number of ether oxygens (including phenoxy) is 1. The number of aryl methyl sites for hydroxylation is 1. The van der Waals surface area contributed by atoms with E-state index in [1.807, 2.05) is 24.0 Å². The van der Waals surface area contributed by atoms with Crippen LogP contribution in [0.3, 0.4) is 0 Å². The minimum atomic E-state index is -3.15. The van der Waals surface area contributed by atoms with Crippen molar-refractivity contribution in [3.8, 4) is 5.88 Å². The van der Waals surface area contributed by atoms with Crippen molar-refractivity contribution >= 4 is 15.9 Å². The zero-order valence-electron chi connectivity index (χ0n) is 16.0. The summed E-state index contributed by atoms with van der Waals surface area (Å²) in [7, 11) is -3.15. The Morgan fingerprint density at radius 3 is 2.33 bits per heavy atom. The molecule has 0 unspecified atom stereocenters. The molecule has 2 aliphatic heterocycles. The number of hydrogen-bond donors (Lipinski definition) is 0. The Morgan fingerprint density at radius 1 is 1.11 bits per heavy atom. The molecule has 9 heteroatoms. The van der Waals surface area contributed by atoms with Gasteiger partial charge in [0, 0.05) is 38.2 Å². The quantitative estimate of drug-likeness (QED) is 0.739. The molecule has 3 heterocycles. The fourth-order valence-corrected chi connectivity index (χ4v) is 4.55. The Hall–Kier alpha value is -1.74. The van der Waals surface area contributed by atoms with Crippen LogP contribution in [-0.2, 0) is 14.8 Å². The maximum atomic E-state index is 12.7. The minimum Gasteiger partial charge on any atom is -0.476 e. The van der Waals surface area contributed by atoms with Gasteiger partial charge in [0.2, 0.25) is 21.8 Å². The standard InChI is InChI=1S/C18H28N4O4S/c1-14-3-4-17(20-19-14)26-13-15-5-9-21(10-6-15)18(23)16-7-11-22(12-8-16)27(2,24)25/h3-4,15-16H,5-13H2,1-2H3. The second-order valence-corrected chi connectivity index (χ2v) is 9.51. The van der Waals surface area contributed by atoms with Gasteiger partial charge < -0.3 is 9.64 Å². The molecule has 0 aliphatic carbocycles. The summed E-state index contributed by atoms with van der Waals surface area (Å²) in [5.74, 6) is 1.06. The van der Waals surface area contributed by atoms with Crippen molar-refractivity contribution in [1.29, 1.82) is 0 Å². The van der Waals surface area contributed by atoms with Crippen LogP contribution in [0.15, 0.2) is 12.1 Å². The first-order valence-electron chi connectivity index (χ1n) is 9.50. The second-order valence-electron chi connectivity index (χ2n) is 7.53. The van der Waals surface area contributed by atoms with E-state index in [-0.39, 0.29) is 11.8 Å². The molecule has 8 nitrogen and oxygen atoms in total. The molecule has 27 heavy (non-hydrogen) atoms. The number of piperidine rings is 2. The molecule has 1 amide bonds. The maximum Gasteiger partial charge on any atom is 0.233 e. The zero-order chi connectivity index (χ0) is 19.4. The summed E-state index contributed by atoms with van der Waals surface area (Å²) in [5.41, 5.74) is 0.858. The molecule has 0 spiro atoms. The van der Waals surface area contributed by atoms with E-state index in [4.69, 9.17) is 4.74 Å². The van der Waals surface area contributed by atoms with Gasteiger partial charge >= 0.3 is 0 Å². The number of nitrogens with zero attached hydrogens (tertiary/aromatic N) is 4. The molecule has 1 aromatic rings. The van der Waals surface area contributed by atoms with Crippen molar-refractivity contribution in [2.45, 2.75) is 32.6 Å². The first kappa shape index (κ1) is 20.0. The first-order chi connectivity index (χ1) is 12.8. The number of carbonyl (C=O) groups is 1. The van der Waals surface area contributed by atoms with Crippen LogP contribution in [0.25, 0.3) is 0 Å². The van der Waals surface area contributed by atoms with Gasteiger partial charge in [-0.2, -0.15) is 5.10 Å². The van der Waals surface area contributed by atoms with Crippen molar-refractivity contribution in [2.75, 3.05) is 39.0 Å². The Morgan fingerprint density at radius 2 is 1.78 bits per heavy atom. The van der Waals surface area contributed by atoms with Gasteiger partial charge in [0.15, 0.2) is 0 Å². The molecular weight excluding hydrogens is 368 g/mol. The van der Waals surface area contributed by atoms with Gasteiger partial charge in [-0.25, -0.2) is 12.7 Å². The van der Waals surface area contributed by atoms with Crippen LogP contribution in [0.2, 0.25) is 0 Å². The maximum absolute atomic E-state index is 12.7. The zero-order valence-corrected chi connectivity index (χ0v) is 16.8. The lowest BCUT2D eigenvalue weighted by Gasteiger charge is -2.36. The summed E-state index contributed by atoms with van der Waals surface area (Å²) in [5, 5.41) is 7.99. The van der Waals surface area contributed by atoms with Gasteiger partial charge in [-0.05, 0) is 44.6 Å². The van der Waals surface area contributed by atoms with E-state index in [0.29, 0.717) is 44.3 Å². The van der Waals surface area contributed by atoms with Crippen molar-refractivity contribution in [3.63, 3.8) is 0 Å². The molecule has 0 aromatic carbocycles. The normalized spacial score (nSPS) is 20.6. The second kappa shape index (κ2) is 8.52. The third-order valence-corrected chi connectivity index (χ3v) is 6.74. The van der Waals surface area contributed by atoms with Gasteiger partial charge in [0.1, 0.15) is 0 Å². The Kier molecular flexibility index (Phi) is 6.31. The first-order valence-corrected chi connectivity index (χ1v) is 11.3. The van der Waals surface area contributed by atoms with E-state index >= 15 is 0 Å². The summed E-state index contributed by atoms with van der Waals surface area (Å²) in [4.78, 5) is 14.7. The number of likely N-dealkylation sites (tertiary alicyclic amines) is 1. The molecule has 1 aromatic heterocycles. The van der Waals surface area contributed by atoms with Crippen LogP contribution >= 0.6 is 0 Å². The lowest BCUT2D eigenvalue weighted by atomic mass is 9.93. The molecule has 0 radical (unpaired) electrons. The highest BCUT2D eigenvalue weighted by atomic mass is 32.2. The number of carbonyl (C=O) groups excluding carboxylic acids is 1. The third-order valence-electron chi connectivity index (χ3n) is 5.44. The average molecular weight is 397 g/mol. The van der Waals surface area contributed by atoms with Gasteiger partial charge in [-0.1, -0.05) is 0 Å². The topological polar surface area (TPSA) is 92.7 Å². The van der Waals surface area contributed by atoms with Crippen molar-refractivity contribution in [2.24, 2.45) is 11.8 Å². The minimum absolute atomic E-state index is 0.0568. The molecule has 3 rings (SSSR count). The average Bonchev–Trinajstić information content (AvgIpc) is 2.67. The van der Waals surface area contributed by atoms with Gasteiger partial charge in [-0.3, -0.25) is 4.79 Å². The molecule has 0 N–H and O–H groups in total. The van der Waals surface area contributed by atoms with E-state index in [0.717, 1.165) is 31.6 Å². The van der Waals surface area contributed by atoms with E-state index in [1.165, 1.54) is 10.6 Å². The summed E-state index contributed by atoms with van der Waals surface area (Å²) in [6.07, 6.45) is 4.27. The van der Waals surface area contributed by atoms with Crippen molar-refractivity contribution in [3.05, 3.63) is 17.8 Å². The number of hydrogen-bond acceptors (Lipinski definition) is 6. The highest BCUT2D eigenvalue weighted by molar-refractivity contribution is 7.88. The lowest BCUT2D eigenvalue weighted by molar-refractivity contribution is -0.138. The summed E-state index contributed by atoms with van der Waals surface area (Å²) in [6.45, 7) is 4.83. The van der Waals surface area contributed by atoms with E-state index in [1.54, 1.807) is 0 Å². The Bertz CT molecular complexity index is 737. The molecule has 2 aliphatic rings. The predicted octanol–water partition coefficient (Wildman–Crippen LogP) is 1.07. The highest BCUT2D eigenvalue weighted by Crippen LogP contribution is 2.25. The van der Waals surface area contributed by atoms with Gasteiger partial charge in [0.25, 0.3) is 0 Å². The van der Waals surface area contributed by atoms with Gasteiger partial charge in [-0.15, -0.1) is 5.10 Å². The number of aromatic nitrogens is 2. The Balaban J connectivity index is 1.41. The fourth-order valence-electron chi connectivity index (χ4n) is 3.68. The number of sulfonamides is 1. The van der Waals surface area contributed by atoms with Crippen molar-refractivity contribution < 1.29 is 17.9 Å². The van der Waals surface area contributed by atoms with Crippen LogP contribution in [0.4, 0.5) is 0 Å². The molecule has 0 atom stereocenters. The molecule has 0 saturated carbocycles. The Labute approximate surface area is 160 Å². The monoisotopic (exact) mass is 396 g/mol. The fraction of sp³-hybridized carbons (Fsp3) is 0.722. The van der Waals surface area contributed by atoms with E-state index in [2.05, 4.69) is 10.2 Å². The van der Waals surface area contributed by atoms with Crippen molar-refractivity contribution in [1.82, 2.24) is 19.4 Å². The van der Waals surface area contributed by atoms with Crippen LogP contribution in [-0.4, -0.2) is 72.8 Å². The number of amides is 1. The molecule has 0 bridgehead atoms. The van der Waals surface area contributed by atoms with Crippen LogP contribution in [0.1, 0.15) is 31.4 Å². The van der Waals surface area contributed by atoms with E-state index in [9.17, 15) is 13.2 Å². The smallest absolute Gasteiger partial charge is 0.233 e. The predicted molar refractivity (Wildman–Crippen MR) is 101 cm³/mol. The third kappa shape index (κ3) is 5.38.